The van der Waals surface area contributed by atoms with Gasteiger partial charge >= 0.3 is 29.8 Å². The van der Waals surface area contributed by atoms with Gasteiger partial charge in [0.2, 0.25) is 0 Å². The zero-order valence-corrected chi connectivity index (χ0v) is 38.7. The Kier molecular flexibility index (Phi) is 18.9. The first-order valence-electron chi connectivity index (χ1n) is 22.8. The van der Waals surface area contributed by atoms with E-state index in [0.717, 1.165) is 19.3 Å². The second-order valence-corrected chi connectivity index (χ2v) is 17.2. The van der Waals surface area contributed by atoms with Crippen molar-refractivity contribution in [2.45, 2.75) is 174 Å². The highest BCUT2D eigenvalue weighted by Crippen LogP contribution is 2.39. The fourth-order valence-electron chi connectivity index (χ4n) is 7.62. The number of terminal acetylenes is 1. The highest BCUT2D eigenvalue weighted by Gasteiger charge is 2.49. The van der Waals surface area contributed by atoms with Crippen LogP contribution in [0.3, 0.4) is 0 Å². The molecule has 18 nitrogen and oxygen atoms in total. The number of amides is 1. The van der Waals surface area contributed by atoms with Gasteiger partial charge in [-0.15, -0.1) is 6.42 Å². The lowest BCUT2D eigenvalue weighted by atomic mass is 9.99. The molecule has 1 aliphatic heterocycles. The van der Waals surface area contributed by atoms with Gasteiger partial charge in [-0.1, -0.05) is 108 Å². The monoisotopic (exact) mass is 917 g/mol. The number of nitrogens with zero attached hydrogens (tertiary/aromatic N) is 4. The van der Waals surface area contributed by atoms with E-state index in [-0.39, 0.29) is 71.9 Å². The van der Waals surface area contributed by atoms with Gasteiger partial charge in [0.15, 0.2) is 40.7 Å². The molecule has 0 bridgehead atoms. The van der Waals surface area contributed by atoms with E-state index >= 15 is 0 Å². The zero-order chi connectivity index (χ0) is 47.7. The number of aromatic nitrogens is 4. The number of fused-ring (bicyclic) bond motifs is 1. The van der Waals surface area contributed by atoms with Gasteiger partial charge in [0, 0.05) is 18.4 Å². The summed E-state index contributed by atoms with van der Waals surface area (Å²) in [5.41, 5.74) is -2.10. The van der Waals surface area contributed by atoms with E-state index < -0.39 is 54.0 Å². The van der Waals surface area contributed by atoms with Crippen molar-refractivity contribution in [1.29, 1.82) is 0 Å². The number of hydrogen-bond acceptors (Lipinski definition) is 16. The van der Waals surface area contributed by atoms with Crippen LogP contribution in [0, 0.1) is 26.2 Å². The van der Waals surface area contributed by atoms with Gasteiger partial charge in [-0.25, -0.2) is 29.3 Å². The first-order chi connectivity index (χ1) is 31.6. The van der Waals surface area contributed by atoms with Crippen molar-refractivity contribution in [3.8, 4) is 12.3 Å². The molecule has 5 rings (SSSR count). The van der Waals surface area contributed by atoms with E-state index in [0.29, 0.717) is 12.0 Å². The Morgan fingerprint density at radius 3 is 2.21 bits per heavy atom. The Bertz CT molecular complexity index is 2360. The standard InChI is InChI=1S/C48H63N5O13/c1-7-9-10-11-12-13-14-15-16-17-18-19-20-25-39(55)60-28-34-23-21-22-24-35(34)44(57)62-30-48(8-2)37(54)26-38(65-48)53-31-49-41-42(50-33(4)51-43(41)53)52-45(58)66-47(5,6)27-40(56)61-29-36-32(3)63-46(59)64-36/h2,21-24,31,37-38,54H,7,9-20,25-30H2,1,3-6H3,(H,50,51,52,58)/t37-,38+,48+/m0/s1. The molecule has 18 heteroatoms. The fraction of sp³-hybridized carbons (Fsp3) is 0.583. The number of nitrogens with one attached hydrogen (secondary N) is 1. The lowest BCUT2D eigenvalue weighted by Gasteiger charge is -2.26. The fourth-order valence-corrected chi connectivity index (χ4v) is 7.62. The van der Waals surface area contributed by atoms with Gasteiger partial charge in [0.05, 0.1) is 18.3 Å². The van der Waals surface area contributed by atoms with Crippen LogP contribution in [0.2, 0.25) is 0 Å². The second kappa shape index (κ2) is 24.5. The molecule has 1 saturated heterocycles. The van der Waals surface area contributed by atoms with Gasteiger partial charge < -0.3 is 37.6 Å². The summed E-state index contributed by atoms with van der Waals surface area (Å²) in [6, 6.07) is 6.61. The SMILES string of the molecule is C#C[C@]1(COC(=O)c2ccccc2COC(=O)CCCCCCCCCCCCCCC)O[C@@H](n2cnc3c(NC(=O)OC(C)(C)CC(=O)OCc4oc(=O)oc4C)nc(C)nc32)C[C@@H]1O. The Morgan fingerprint density at radius 2 is 1.56 bits per heavy atom. The smallest absolute Gasteiger partial charge is 0.461 e. The van der Waals surface area contributed by atoms with Crippen LogP contribution < -0.4 is 11.1 Å². The van der Waals surface area contributed by atoms with Gasteiger partial charge in [-0.3, -0.25) is 19.5 Å². The number of imidazole rings is 1. The summed E-state index contributed by atoms with van der Waals surface area (Å²) in [6.07, 6.45) is 19.8. The molecule has 0 aliphatic carbocycles. The minimum Gasteiger partial charge on any atom is -0.461 e. The first-order valence-corrected chi connectivity index (χ1v) is 22.8. The number of carbonyl (C=O) groups is 4. The van der Waals surface area contributed by atoms with Crippen molar-refractivity contribution < 1.29 is 56.8 Å². The number of aryl methyl sites for hydroxylation is 2. The summed E-state index contributed by atoms with van der Waals surface area (Å²) in [4.78, 5) is 76.0. The third-order valence-corrected chi connectivity index (χ3v) is 11.3. The van der Waals surface area contributed by atoms with Crippen LogP contribution in [0.15, 0.2) is 44.2 Å². The van der Waals surface area contributed by atoms with Crippen LogP contribution in [0.25, 0.3) is 11.2 Å². The normalized spacial score (nSPS) is 17.0. The van der Waals surface area contributed by atoms with Crippen LogP contribution in [0.4, 0.5) is 10.6 Å². The number of carbonyl (C=O) groups excluding carboxylic acids is 4. The van der Waals surface area contributed by atoms with Crippen LogP contribution in [-0.4, -0.2) is 72.5 Å². The quantitative estimate of drug-likeness (QED) is 0.0260. The lowest BCUT2D eigenvalue weighted by molar-refractivity contribution is -0.150. The molecule has 4 heterocycles. The first kappa shape index (κ1) is 50.9. The number of unbranched alkanes of at least 4 members (excludes halogenated alkanes) is 12. The van der Waals surface area contributed by atoms with E-state index in [1.54, 1.807) is 31.2 Å². The molecule has 1 aliphatic rings. The Morgan fingerprint density at radius 1 is 0.909 bits per heavy atom. The van der Waals surface area contributed by atoms with E-state index in [2.05, 4.69) is 33.1 Å². The summed E-state index contributed by atoms with van der Waals surface area (Å²) >= 11 is 0. The minimum atomic E-state index is -1.75. The second-order valence-electron chi connectivity index (χ2n) is 17.2. The molecule has 358 valence electrons. The van der Waals surface area contributed by atoms with Crippen molar-refractivity contribution in [2.75, 3.05) is 11.9 Å². The van der Waals surface area contributed by atoms with Gasteiger partial charge in [-0.2, -0.15) is 0 Å². The van der Waals surface area contributed by atoms with E-state index in [9.17, 15) is 29.1 Å². The number of esters is 3. The van der Waals surface area contributed by atoms with Gasteiger partial charge in [0.25, 0.3) is 0 Å². The van der Waals surface area contributed by atoms with E-state index in [1.165, 1.54) is 95.9 Å². The predicted octanol–water partition coefficient (Wildman–Crippen LogP) is 8.48. The third kappa shape index (κ3) is 14.7. The van der Waals surface area contributed by atoms with Crippen LogP contribution in [-0.2, 0) is 46.5 Å². The summed E-state index contributed by atoms with van der Waals surface area (Å²) in [6.45, 7) is 7.35. The number of ether oxygens (including phenoxy) is 5. The maximum Gasteiger partial charge on any atom is 0.519 e. The Labute approximate surface area is 384 Å². The Hall–Kier alpha value is -6.06. The molecule has 0 unspecified atom stereocenters. The van der Waals surface area contributed by atoms with Crippen molar-refractivity contribution >= 4 is 41.0 Å². The number of aliphatic hydroxyl groups excluding tert-OH is 1. The molecule has 0 radical (unpaired) electrons. The molecule has 1 amide bonds. The molecular formula is C48H63N5O13. The van der Waals surface area contributed by atoms with Crippen molar-refractivity contribution in [1.82, 2.24) is 19.5 Å². The van der Waals surface area contributed by atoms with Crippen molar-refractivity contribution in [3.05, 3.63) is 69.7 Å². The summed E-state index contributed by atoms with van der Waals surface area (Å²) in [5.74, 6) is 0.194. The zero-order valence-electron chi connectivity index (χ0n) is 38.7. The summed E-state index contributed by atoms with van der Waals surface area (Å²) < 4.78 is 39.2. The number of benzene rings is 1. The van der Waals surface area contributed by atoms with Gasteiger partial charge in [0.1, 0.15) is 37.0 Å². The maximum atomic E-state index is 13.4. The maximum absolute atomic E-state index is 13.4. The van der Waals surface area contributed by atoms with Crippen LogP contribution in [0.1, 0.15) is 163 Å². The largest absolute Gasteiger partial charge is 0.519 e. The van der Waals surface area contributed by atoms with Crippen molar-refractivity contribution in [3.63, 3.8) is 0 Å². The van der Waals surface area contributed by atoms with Crippen LogP contribution >= 0.6 is 0 Å². The number of rotatable bonds is 26. The molecule has 2 N–H and O–H groups in total. The lowest BCUT2D eigenvalue weighted by Crippen LogP contribution is -2.43. The topological polar surface area (TPSA) is 234 Å². The van der Waals surface area contributed by atoms with E-state index in [1.807, 2.05) is 0 Å². The third-order valence-electron chi connectivity index (χ3n) is 11.3. The molecule has 3 aromatic heterocycles. The van der Waals surface area contributed by atoms with E-state index in [4.69, 9.17) is 38.9 Å². The molecule has 0 saturated carbocycles. The number of aliphatic hydroxyl groups is 1. The van der Waals surface area contributed by atoms with Crippen molar-refractivity contribution in [2.24, 2.45) is 0 Å². The molecular weight excluding hydrogens is 855 g/mol. The molecule has 3 atom stereocenters. The summed E-state index contributed by atoms with van der Waals surface area (Å²) in [7, 11) is 0. The average Bonchev–Trinajstić information content (AvgIpc) is 3.95. The Balaban J connectivity index is 1.09. The molecule has 0 spiro atoms. The minimum absolute atomic E-state index is 0.00953. The highest BCUT2D eigenvalue weighted by atomic mass is 16.6. The number of anilines is 1. The number of hydrogen-bond donors (Lipinski definition) is 2. The molecule has 4 aromatic rings. The predicted molar refractivity (Wildman–Crippen MR) is 240 cm³/mol. The highest BCUT2D eigenvalue weighted by molar-refractivity contribution is 5.94. The summed E-state index contributed by atoms with van der Waals surface area (Å²) in [5, 5.41) is 13.8. The molecule has 1 fully saturated rings. The molecule has 1 aromatic carbocycles. The molecule has 66 heavy (non-hydrogen) atoms. The van der Waals surface area contributed by atoms with Gasteiger partial charge in [-0.05, 0) is 40.2 Å². The average molecular weight is 918 g/mol. The van der Waals surface area contributed by atoms with Crippen LogP contribution in [0.5, 0.6) is 0 Å².